The quantitative estimate of drug-likeness (QED) is 0.354. The normalized spacial score (nSPS) is 35.7. The number of alkyl halides is 6. The summed E-state index contributed by atoms with van der Waals surface area (Å²) in [6, 6.07) is 0. The fourth-order valence-electron chi connectivity index (χ4n) is 4.51. The van der Waals surface area contributed by atoms with Gasteiger partial charge in [0.2, 0.25) is 0 Å². The third-order valence-corrected chi connectivity index (χ3v) is 6.12. The van der Waals surface area contributed by atoms with Gasteiger partial charge in [-0.05, 0) is 53.4 Å². The zero-order chi connectivity index (χ0) is 16.4. The summed E-state index contributed by atoms with van der Waals surface area (Å²) < 4.78 is 68.0. The third kappa shape index (κ3) is 4.57. The molecular weight excluding hydrogens is 367 g/mol. The van der Waals surface area contributed by atoms with Crippen LogP contribution < -0.4 is 0 Å². The van der Waals surface area contributed by atoms with Crippen LogP contribution in [-0.4, -0.2) is 11.0 Å². The molecule has 2 rings (SSSR count). The molecule has 2 saturated carbocycles. The largest absolute Gasteiger partial charge is 0.392 e. The minimum Gasteiger partial charge on any atom is -0.193 e. The van der Waals surface area contributed by atoms with E-state index in [1.54, 1.807) is 0 Å². The Morgan fingerprint density at radius 1 is 0.591 bits per heavy atom. The first kappa shape index (κ1) is 18.5. The Kier molecular flexibility index (Phi) is 6.17. The fraction of sp³-hybridized carbons (Fsp3) is 1.00. The first-order valence-electron chi connectivity index (χ1n) is 8.34. The predicted octanol–water partition coefficient (Wildman–Crippen LogP) is 6.93. The van der Waals surface area contributed by atoms with Crippen molar-refractivity contribution >= 4 is 15.9 Å². The highest BCUT2D eigenvalue weighted by Gasteiger charge is 2.52. The molecule has 2 aliphatic rings. The molecule has 2 aliphatic carbocycles. The predicted molar refractivity (Wildman–Crippen MR) is 80.1 cm³/mol. The van der Waals surface area contributed by atoms with Crippen LogP contribution in [0, 0.1) is 23.7 Å². The van der Waals surface area contributed by atoms with E-state index in [1.807, 2.05) is 0 Å². The maximum atomic E-state index is 14.0. The van der Waals surface area contributed by atoms with Crippen molar-refractivity contribution < 1.29 is 22.0 Å². The molecule has 22 heavy (non-hydrogen) atoms. The highest BCUT2D eigenvalue weighted by atomic mass is 79.9. The standard InChI is InChI=1S/C16H24BrF5/c17-15(18,19)13-9-4-2-1-3-7-11(13)12-8-5-6-10-14(12)16(20,21)22/h11-14H,1-10H2. The maximum Gasteiger partial charge on any atom is 0.392 e. The number of hydrogen-bond acceptors (Lipinski definition) is 0. The van der Waals surface area contributed by atoms with Gasteiger partial charge in [-0.2, -0.15) is 22.0 Å². The lowest BCUT2D eigenvalue weighted by Crippen LogP contribution is -2.42. The van der Waals surface area contributed by atoms with Gasteiger partial charge in [-0.25, -0.2) is 0 Å². The summed E-state index contributed by atoms with van der Waals surface area (Å²) in [6.45, 7) is 0. The van der Waals surface area contributed by atoms with E-state index >= 15 is 0 Å². The Morgan fingerprint density at radius 2 is 1.00 bits per heavy atom. The van der Waals surface area contributed by atoms with Crippen molar-refractivity contribution in [2.75, 3.05) is 0 Å². The lowest BCUT2D eigenvalue weighted by Gasteiger charge is -2.43. The summed E-state index contributed by atoms with van der Waals surface area (Å²) in [7, 11) is 0. The van der Waals surface area contributed by atoms with Crippen LogP contribution in [0.3, 0.4) is 0 Å². The monoisotopic (exact) mass is 390 g/mol. The summed E-state index contributed by atoms with van der Waals surface area (Å²) >= 11 is 2.46. The topological polar surface area (TPSA) is 0 Å². The lowest BCUT2D eigenvalue weighted by atomic mass is 9.65. The molecule has 4 atom stereocenters. The SMILES string of the molecule is FC(F)(F)C1CCCCC1C1CCCCCCC1C(F)(F)Br. The van der Waals surface area contributed by atoms with Gasteiger partial charge >= 0.3 is 11.0 Å². The Balaban J connectivity index is 2.25. The summed E-state index contributed by atoms with van der Waals surface area (Å²) in [6.07, 6.45) is 1.70. The molecule has 130 valence electrons. The summed E-state index contributed by atoms with van der Waals surface area (Å²) in [5.74, 6) is -3.54. The second-order valence-electron chi connectivity index (χ2n) is 6.90. The average Bonchev–Trinajstić information content (AvgIpc) is 2.36. The van der Waals surface area contributed by atoms with E-state index in [-0.39, 0.29) is 6.42 Å². The first-order valence-corrected chi connectivity index (χ1v) is 9.14. The van der Waals surface area contributed by atoms with Crippen molar-refractivity contribution in [1.29, 1.82) is 0 Å². The van der Waals surface area contributed by atoms with Gasteiger partial charge in [-0.3, -0.25) is 0 Å². The molecule has 2 fully saturated rings. The van der Waals surface area contributed by atoms with Gasteiger partial charge in [-0.15, -0.1) is 0 Å². The third-order valence-electron chi connectivity index (χ3n) is 5.53. The van der Waals surface area contributed by atoms with E-state index in [0.717, 1.165) is 25.7 Å². The van der Waals surface area contributed by atoms with Crippen molar-refractivity contribution in [2.24, 2.45) is 23.7 Å². The van der Waals surface area contributed by atoms with Crippen LogP contribution in [0.1, 0.15) is 64.2 Å². The van der Waals surface area contributed by atoms with Crippen molar-refractivity contribution in [3.05, 3.63) is 0 Å². The second-order valence-corrected chi connectivity index (χ2v) is 7.96. The molecule has 0 N–H and O–H groups in total. The van der Waals surface area contributed by atoms with Crippen LogP contribution >= 0.6 is 15.9 Å². The van der Waals surface area contributed by atoms with Gasteiger partial charge in [-0.1, -0.05) is 38.5 Å². The van der Waals surface area contributed by atoms with Crippen molar-refractivity contribution in [2.45, 2.75) is 75.2 Å². The Labute approximate surface area is 137 Å². The summed E-state index contributed by atoms with van der Waals surface area (Å²) in [4.78, 5) is -3.07. The van der Waals surface area contributed by atoms with Gasteiger partial charge in [0.15, 0.2) is 0 Å². The van der Waals surface area contributed by atoms with Gasteiger partial charge < -0.3 is 0 Å². The molecule has 0 saturated heterocycles. The van der Waals surface area contributed by atoms with Crippen LogP contribution in [0.25, 0.3) is 0 Å². The number of rotatable bonds is 2. The molecule has 0 spiro atoms. The maximum absolute atomic E-state index is 14.0. The Bertz CT molecular complexity index is 349. The van der Waals surface area contributed by atoms with E-state index in [9.17, 15) is 22.0 Å². The van der Waals surface area contributed by atoms with Crippen LogP contribution in [0.15, 0.2) is 0 Å². The average molecular weight is 391 g/mol. The smallest absolute Gasteiger partial charge is 0.193 e. The fourth-order valence-corrected chi connectivity index (χ4v) is 5.08. The molecule has 0 aromatic rings. The zero-order valence-electron chi connectivity index (χ0n) is 12.6. The molecule has 4 unspecified atom stereocenters. The van der Waals surface area contributed by atoms with Crippen LogP contribution in [0.4, 0.5) is 22.0 Å². The molecule has 0 aromatic carbocycles. The first-order chi connectivity index (χ1) is 10.2. The van der Waals surface area contributed by atoms with Crippen molar-refractivity contribution in [3.8, 4) is 0 Å². The summed E-state index contributed by atoms with van der Waals surface area (Å²) in [5.41, 5.74) is 0. The Morgan fingerprint density at radius 3 is 1.55 bits per heavy atom. The van der Waals surface area contributed by atoms with Crippen LogP contribution in [-0.2, 0) is 0 Å². The van der Waals surface area contributed by atoms with Gasteiger partial charge in [0, 0.05) is 5.92 Å². The van der Waals surface area contributed by atoms with Crippen LogP contribution in [0.5, 0.6) is 0 Å². The highest BCUT2D eigenvalue weighted by molar-refractivity contribution is 9.10. The van der Waals surface area contributed by atoms with E-state index in [0.29, 0.717) is 32.1 Å². The molecule has 0 aliphatic heterocycles. The number of hydrogen-bond donors (Lipinski definition) is 0. The van der Waals surface area contributed by atoms with Crippen LogP contribution in [0.2, 0.25) is 0 Å². The Hall–Kier alpha value is 0.130. The lowest BCUT2D eigenvalue weighted by molar-refractivity contribution is -0.207. The van der Waals surface area contributed by atoms with E-state index < -0.39 is 34.7 Å². The molecular formula is C16H24BrF5. The number of halogens is 6. The van der Waals surface area contributed by atoms with Crippen molar-refractivity contribution in [3.63, 3.8) is 0 Å². The van der Waals surface area contributed by atoms with E-state index in [4.69, 9.17) is 0 Å². The van der Waals surface area contributed by atoms with Gasteiger partial charge in [0.25, 0.3) is 0 Å². The molecule has 0 heterocycles. The molecule has 0 bridgehead atoms. The van der Waals surface area contributed by atoms with Gasteiger partial charge in [0.1, 0.15) is 0 Å². The minimum atomic E-state index is -4.26. The molecule has 0 nitrogen and oxygen atoms in total. The zero-order valence-corrected chi connectivity index (χ0v) is 14.2. The molecule has 0 amide bonds. The summed E-state index contributed by atoms with van der Waals surface area (Å²) in [5, 5.41) is 0. The molecule has 6 heteroatoms. The second kappa shape index (κ2) is 7.35. The van der Waals surface area contributed by atoms with E-state index in [2.05, 4.69) is 15.9 Å². The minimum absolute atomic E-state index is 0.102. The van der Waals surface area contributed by atoms with E-state index in [1.165, 1.54) is 0 Å². The molecule has 0 aromatic heterocycles. The van der Waals surface area contributed by atoms with Crippen molar-refractivity contribution in [1.82, 2.24) is 0 Å². The molecule has 0 radical (unpaired) electrons. The van der Waals surface area contributed by atoms with Gasteiger partial charge in [0.05, 0.1) is 5.92 Å². The highest BCUT2D eigenvalue weighted by Crippen LogP contribution is 2.52.